The number of nitrogens with zero attached hydrogens (tertiary/aromatic N) is 5. The number of nitrogens with one attached hydrogen (secondary N) is 1. The van der Waals surface area contributed by atoms with Gasteiger partial charge in [0.15, 0.2) is 5.65 Å². The van der Waals surface area contributed by atoms with Gasteiger partial charge in [-0.25, -0.2) is 9.50 Å². The zero-order chi connectivity index (χ0) is 16.7. The Morgan fingerprint density at radius 3 is 2.92 bits per heavy atom. The molecule has 0 radical (unpaired) electrons. The number of hydrogen-bond donors (Lipinski definition) is 1. The summed E-state index contributed by atoms with van der Waals surface area (Å²) in [6.45, 7) is 6.96. The van der Waals surface area contributed by atoms with E-state index in [2.05, 4.69) is 42.4 Å². The highest BCUT2D eigenvalue weighted by atomic mass is 15.3. The first-order valence-electron chi connectivity index (χ1n) is 8.90. The van der Waals surface area contributed by atoms with E-state index in [9.17, 15) is 5.26 Å². The van der Waals surface area contributed by atoms with Gasteiger partial charge >= 0.3 is 0 Å². The first-order valence-corrected chi connectivity index (χ1v) is 8.90. The van der Waals surface area contributed by atoms with E-state index in [-0.39, 0.29) is 5.92 Å². The van der Waals surface area contributed by atoms with Crippen LogP contribution in [0.3, 0.4) is 0 Å². The standard InChI is InChI=1S/C18H24N6/c1-12-9-23(11-14(12)8-19)18-13(2)10-24-17(21-18)7-16(22-24)15-5-3-4-6-20-15/h7,10,12,14-15,20H,3-6,9,11H2,1-2H3/t12-,14+,15-/m0/s1. The molecule has 6 heteroatoms. The van der Waals surface area contributed by atoms with E-state index in [0.29, 0.717) is 12.0 Å². The van der Waals surface area contributed by atoms with Crippen molar-refractivity contribution in [2.24, 2.45) is 11.8 Å². The minimum absolute atomic E-state index is 0.0920. The fraction of sp³-hybridized carbons (Fsp3) is 0.611. The molecule has 24 heavy (non-hydrogen) atoms. The highest BCUT2D eigenvalue weighted by molar-refractivity contribution is 5.54. The van der Waals surface area contributed by atoms with Gasteiger partial charge in [-0.3, -0.25) is 0 Å². The maximum absolute atomic E-state index is 9.27. The molecular formula is C18H24N6. The number of rotatable bonds is 2. The molecule has 4 rings (SSSR count). The van der Waals surface area contributed by atoms with Crippen molar-refractivity contribution in [3.63, 3.8) is 0 Å². The number of nitriles is 1. The van der Waals surface area contributed by atoms with E-state index in [1.165, 1.54) is 12.8 Å². The van der Waals surface area contributed by atoms with Crippen molar-refractivity contribution in [1.82, 2.24) is 19.9 Å². The van der Waals surface area contributed by atoms with Crippen LogP contribution < -0.4 is 10.2 Å². The molecule has 2 saturated heterocycles. The SMILES string of the molecule is Cc1cn2nc([C@@H]3CCCCN3)cc2nc1N1C[C@@H](C#N)[C@@H](C)C1. The highest BCUT2D eigenvalue weighted by Crippen LogP contribution is 2.29. The Morgan fingerprint density at radius 1 is 1.33 bits per heavy atom. The van der Waals surface area contributed by atoms with Crippen LogP contribution >= 0.6 is 0 Å². The van der Waals surface area contributed by atoms with Crippen LogP contribution in [0.4, 0.5) is 5.82 Å². The van der Waals surface area contributed by atoms with Crippen LogP contribution in [0.1, 0.15) is 43.5 Å². The molecule has 6 nitrogen and oxygen atoms in total. The van der Waals surface area contributed by atoms with Crippen LogP contribution in [-0.4, -0.2) is 34.2 Å². The van der Waals surface area contributed by atoms with Crippen LogP contribution in [0.2, 0.25) is 0 Å². The molecule has 4 heterocycles. The van der Waals surface area contributed by atoms with Crippen molar-refractivity contribution in [3.05, 3.63) is 23.5 Å². The molecule has 0 bridgehead atoms. The Morgan fingerprint density at radius 2 is 2.21 bits per heavy atom. The summed E-state index contributed by atoms with van der Waals surface area (Å²) in [5.74, 6) is 1.48. The van der Waals surface area contributed by atoms with Gasteiger partial charge in [0.05, 0.1) is 23.7 Å². The maximum Gasteiger partial charge on any atom is 0.157 e. The predicted molar refractivity (Wildman–Crippen MR) is 92.8 cm³/mol. The van der Waals surface area contributed by atoms with Gasteiger partial charge in [0.2, 0.25) is 0 Å². The van der Waals surface area contributed by atoms with Crippen molar-refractivity contribution in [3.8, 4) is 6.07 Å². The smallest absolute Gasteiger partial charge is 0.157 e. The van der Waals surface area contributed by atoms with Gasteiger partial charge in [-0.05, 0) is 32.2 Å². The molecule has 0 amide bonds. The van der Waals surface area contributed by atoms with Gasteiger partial charge in [0.25, 0.3) is 0 Å². The minimum Gasteiger partial charge on any atom is -0.355 e. The normalized spacial score (nSPS) is 27.5. The van der Waals surface area contributed by atoms with Gasteiger partial charge in [-0.15, -0.1) is 0 Å². The summed E-state index contributed by atoms with van der Waals surface area (Å²) in [5.41, 5.74) is 3.09. The Hall–Kier alpha value is -2.13. The largest absolute Gasteiger partial charge is 0.355 e. The summed E-state index contributed by atoms with van der Waals surface area (Å²) < 4.78 is 1.89. The fourth-order valence-electron chi connectivity index (χ4n) is 3.92. The molecule has 0 saturated carbocycles. The maximum atomic E-state index is 9.27. The Kier molecular flexibility index (Phi) is 3.89. The van der Waals surface area contributed by atoms with Crippen molar-refractivity contribution in [1.29, 1.82) is 5.26 Å². The number of aryl methyl sites for hydroxylation is 1. The molecule has 0 aromatic carbocycles. The van der Waals surface area contributed by atoms with E-state index in [4.69, 9.17) is 10.1 Å². The Balaban J connectivity index is 1.65. The van der Waals surface area contributed by atoms with Crippen molar-refractivity contribution in [2.45, 2.75) is 39.2 Å². The predicted octanol–water partition coefficient (Wildman–Crippen LogP) is 2.45. The molecule has 2 aliphatic rings. The van der Waals surface area contributed by atoms with Crippen molar-refractivity contribution < 1.29 is 0 Å². The van der Waals surface area contributed by atoms with E-state index in [1.54, 1.807) is 0 Å². The number of aromatic nitrogens is 3. The second-order valence-corrected chi connectivity index (χ2v) is 7.24. The van der Waals surface area contributed by atoms with Gasteiger partial charge < -0.3 is 10.2 Å². The van der Waals surface area contributed by atoms with E-state index < -0.39 is 0 Å². The quantitative estimate of drug-likeness (QED) is 0.919. The van der Waals surface area contributed by atoms with Crippen LogP contribution in [0, 0.1) is 30.1 Å². The number of piperidine rings is 1. The summed E-state index contributed by atoms with van der Waals surface area (Å²) >= 11 is 0. The average Bonchev–Trinajstić information content (AvgIpc) is 3.17. The third-order valence-corrected chi connectivity index (χ3v) is 5.37. The van der Waals surface area contributed by atoms with Crippen LogP contribution in [0.5, 0.6) is 0 Å². The molecule has 126 valence electrons. The summed E-state index contributed by atoms with van der Waals surface area (Å²) in [7, 11) is 0. The summed E-state index contributed by atoms with van der Waals surface area (Å²) in [6, 6.07) is 4.87. The van der Waals surface area contributed by atoms with E-state index >= 15 is 0 Å². The molecule has 2 aliphatic heterocycles. The molecule has 3 atom stereocenters. The molecular weight excluding hydrogens is 300 g/mol. The molecule has 2 fully saturated rings. The second-order valence-electron chi connectivity index (χ2n) is 7.24. The van der Waals surface area contributed by atoms with E-state index in [1.807, 2.05) is 4.52 Å². The summed E-state index contributed by atoms with van der Waals surface area (Å²) in [6.07, 6.45) is 5.71. The molecule has 0 unspecified atom stereocenters. The Bertz CT molecular complexity index is 783. The lowest BCUT2D eigenvalue weighted by Crippen LogP contribution is -2.27. The van der Waals surface area contributed by atoms with E-state index in [0.717, 1.165) is 48.8 Å². The lowest BCUT2D eigenvalue weighted by Gasteiger charge is -2.21. The number of hydrogen-bond acceptors (Lipinski definition) is 5. The third kappa shape index (κ3) is 2.63. The lowest BCUT2D eigenvalue weighted by atomic mass is 10.0. The molecule has 2 aromatic heterocycles. The van der Waals surface area contributed by atoms with Crippen LogP contribution in [0.25, 0.3) is 5.65 Å². The van der Waals surface area contributed by atoms with Gasteiger partial charge in [0.1, 0.15) is 5.82 Å². The van der Waals surface area contributed by atoms with Crippen molar-refractivity contribution in [2.75, 3.05) is 24.5 Å². The monoisotopic (exact) mass is 324 g/mol. The summed E-state index contributed by atoms with van der Waals surface area (Å²) in [4.78, 5) is 7.11. The number of anilines is 1. The first-order chi connectivity index (χ1) is 11.7. The zero-order valence-electron chi connectivity index (χ0n) is 14.4. The topological polar surface area (TPSA) is 69.2 Å². The van der Waals surface area contributed by atoms with Gasteiger partial charge in [-0.1, -0.05) is 13.3 Å². The molecule has 0 aliphatic carbocycles. The van der Waals surface area contributed by atoms with Crippen molar-refractivity contribution >= 4 is 11.5 Å². The van der Waals surface area contributed by atoms with Crippen LogP contribution in [0.15, 0.2) is 12.3 Å². The lowest BCUT2D eigenvalue weighted by molar-refractivity contribution is 0.404. The van der Waals surface area contributed by atoms with Gasteiger partial charge in [-0.2, -0.15) is 10.4 Å². The second kappa shape index (κ2) is 6.06. The molecule has 1 N–H and O–H groups in total. The fourth-order valence-corrected chi connectivity index (χ4v) is 3.92. The van der Waals surface area contributed by atoms with Crippen LogP contribution in [-0.2, 0) is 0 Å². The highest BCUT2D eigenvalue weighted by Gasteiger charge is 2.31. The third-order valence-electron chi connectivity index (χ3n) is 5.37. The Labute approximate surface area is 142 Å². The van der Waals surface area contributed by atoms with Gasteiger partial charge in [0, 0.05) is 30.9 Å². The number of fused-ring (bicyclic) bond motifs is 1. The summed E-state index contributed by atoms with van der Waals surface area (Å²) in [5, 5.41) is 17.6. The molecule has 2 aromatic rings. The molecule has 0 spiro atoms. The zero-order valence-corrected chi connectivity index (χ0v) is 14.4. The minimum atomic E-state index is 0.0920. The first kappa shape index (κ1) is 15.4. The average molecular weight is 324 g/mol.